The van der Waals surface area contributed by atoms with Crippen LogP contribution in [0.3, 0.4) is 0 Å². The summed E-state index contributed by atoms with van der Waals surface area (Å²) in [5.41, 5.74) is 0.823. The van der Waals surface area contributed by atoms with Crippen molar-refractivity contribution in [2.45, 2.75) is 65.8 Å². The Morgan fingerprint density at radius 3 is 2.36 bits per heavy atom. The van der Waals surface area contributed by atoms with Gasteiger partial charge in [0.25, 0.3) is 0 Å². The first-order chi connectivity index (χ1) is 6.31. The van der Waals surface area contributed by atoms with Crippen LogP contribution in [0.15, 0.2) is 0 Å². The van der Waals surface area contributed by atoms with Crippen LogP contribution in [-0.4, -0.2) is 12.1 Å². The van der Waals surface area contributed by atoms with Crippen LogP contribution in [0.5, 0.6) is 0 Å². The summed E-state index contributed by atoms with van der Waals surface area (Å²) in [4.78, 5) is 0. The molecule has 0 aromatic carbocycles. The zero-order valence-corrected chi connectivity index (χ0v) is 10.6. The van der Waals surface area contributed by atoms with E-state index in [2.05, 4.69) is 39.9 Å². The molecule has 0 spiro atoms. The van der Waals surface area contributed by atoms with Crippen LogP contribution in [0.4, 0.5) is 0 Å². The maximum Gasteiger partial charge on any atom is 0.00966 e. The van der Waals surface area contributed by atoms with E-state index >= 15 is 0 Å². The van der Waals surface area contributed by atoms with Crippen LogP contribution in [-0.2, 0) is 0 Å². The van der Waals surface area contributed by atoms with E-state index in [-0.39, 0.29) is 5.54 Å². The molecule has 0 radical (unpaired) electrons. The van der Waals surface area contributed by atoms with Crippen molar-refractivity contribution < 1.29 is 0 Å². The standard InChI is InChI=1S/C13H27N/c1-12(2,3)14-10-11-8-6-7-9-13(11,4)5/h11,14H,6-10H2,1-5H3. The summed E-state index contributed by atoms with van der Waals surface area (Å²) < 4.78 is 0. The van der Waals surface area contributed by atoms with E-state index in [1.54, 1.807) is 0 Å². The highest BCUT2D eigenvalue weighted by molar-refractivity contribution is 4.85. The summed E-state index contributed by atoms with van der Waals surface area (Å²) in [7, 11) is 0. The lowest BCUT2D eigenvalue weighted by molar-refractivity contribution is 0.128. The number of nitrogens with one attached hydrogen (secondary N) is 1. The van der Waals surface area contributed by atoms with Crippen molar-refractivity contribution in [1.29, 1.82) is 0 Å². The smallest absolute Gasteiger partial charge is 0.00966 e. The third-order valence-electron chi connectivity index (χ3n) is 3.61. The highest BCUT2D eigenvalue weighted by atomic mass is 14.9. The van der Waals surface area contributed by atoms with Gasteiger partial charge in [0.15, 0.2) is 0 Å². The van der Waals surface area contributed by atoms with Crippen LogP contribution in [0.25, 0.3) is 0 Å². The Kier molecular flexibility index (Phi) is 3.63. The van der Waals surface area contributed by atoms with Crippen molar-refractivity contribution in [1.82, 2.24) is 5.32 Å². The highest BCUT2D eigenvalue weighted by Crippen LogP contribution is 2.40. The second kappa shape index (κ2) is 4.22. The lowest BCUT2D eigenvalue weighted by atomic mass is 9.69. The molecule has 0 bridgehead atoms. The lowest BCUT2D eigenvalue weighted by Crippen LogP contribution is -2.43. The molecular weight excluding hydrogens is 170 g/mol. The van der Waals surface area contributed by atoms with E-state index < -0.39 is 0 Å². The number of hydrogen-bond donors (Lipinski definition) is 1. The molecule has 1 atom stereocenters. The summed E-state index contributed by atoms with van der Waals surface area (Å²) in [6.07, 6.45) is 5.68. The molecular formula is C13H27N. The summed E-state index contributed by atoms with van der Waals surface area (Å²) in [6.45, 7) is 12.8. The molecule has 1 N–H and O–H groups in total. The minimum atomic E-state index is 0.271. The van der Waals surface area contributed by atoms with Crippen molar-refractivity contribution in [2.75, 3.05) is 6.54 Å². The Balaban J connectivity index is 2.42. The Morgan fingerprint density at radius 1 is 1.21 bits per heavy atom. The average Bonchev–Trinajstić information content (AvgIpc) is 2.00. The summed E-state index contributed by atoms with van der Waals surface area (Å²) >= 11 is 0. The van der Waals surface area contributed by atoms with Crippen LogP contribution in [0.2, 0.25) is 0 Å². The molecule has 1 rings (SSSR count). The third-order valence-corrected chi connectivity index (χ3v) is 3.61. The molecule has 0 aliphatic heterocycles. The first-order valence-corrected chi connectivity index (χ1v) is 6.06. The van der Waals surface area contributed by atoms with Gasteiger partial charge < -0.3 is 5.32 Å². The Bertz CT molecular complexity index is 176. The molecule has 1 nitrogen and oxygen atoms in total. The summed E-state index contributed by atoms with van der Waals surface area (Å²) in [6, 6.07) is 0. The largest absolute Gasteiger partial charge is 0.312 e. The van der Waals surface area contributed by atoms with Gasteiger partial charge in [-0.1, -0.05) is 26.7 Å². The fourth-order valence-corrected chi connectivity index (χ4v) is 2.37. The predicted molar refractivity (Wildman–Crippen MR) is 63.5 cm³/mol. The first-order valence-electron chi connectivity index (χ1n) is 6.06. The van der Waals surface area contributed by atoms with Gasteiger partial charge in [0.2, 0.25) is 0 Å². The van der Waals surface area contributed by atoms with E-state index in [9.17, 15) is 0 Å². The average molecular weight is 197 g/mol. The van der Waals surface area contributed by atoms with Crippen molar-refractivity contribution in [3.63, 3.8) is 0 Å². The second-order valence-corrected chi connectivity index (χ2v) is 6.56. The van der Waals surface area contributed by atoms with Gasteiger partial charge in [-0.25, -0.2) is 0 Å². The zero-order valence-electron chi connectivity index (χ0n) is 10.6. The van der Waals surface area contributed by atoms with E-state index in [1.165, 1.54) is 32.2 Å². The number of hydrogen-bond acceptors (Lipinski definition) is 1. The van der Waals surface area contributed by atoms with E-state index in [0.29, 0.717) is 5.41 Å². The molecule has 1 saturated carbocycles. The van der Waals surface area contributed by atoms with Gasteiger partial charge in [-0.05, 0) is 51.5 Å². The van der Waals surface area contributed by atoms with Crippen LogP contribution in [0.1, 0.15) is 60.3 Å². The molecule has 14 heavy (non-hydrogen) atoms. The topological polar surface area (TPSA) is 12.0 Å². The molecule has 1 heteroatoms. The van der Waals surface area contributed by atoms with Crippen LogP contribution < -0.4 is 5.32 Å². The van der Waals surface area contributed by atoms with Gasteiger partial charge >= 0.3 is 0 Å². The molecule has 0 amide bonds. The van der Waals surface area contributed by atoms with Gasteiger partial charge in [-0.15, -0.1) is 0 Å². The molecule has 1 unspecified atom stereocenters. The number of rotatable bonds is 2. The van der Waals surface area contributed by atoms with E-state index in [4.69, 9.17) is 0 Å². The highest BCUT2D eigenvalue weighted by Gasteiger charge is 2.32. The van der Waals surface area contributed by atoms with Gasteiger partial charge in [0, 0.05) is 5.54 Å². The Morgan fingerprint density at radius 2 is 1.86 bits per heavy atom. The van der Waals surface area contributed by atoms with E-state index in [1.807, 2.05) is 0 Å². The molecule has 0 saturated heterocycles. The van der Waals surface area contributed by atoms with Gasteiger partial charge in [0.05, 0.1) is 0 Å². The molecule has 1 fully saturated rings. The second-order valence-electron chi connectivity index (χ2n) is 6.56. The minimum absolute atomic E-state index is 0.271. The fourth-order valence-electron chi connectivity index (χ4n) is 2.37. The molecule has 1 aliphatic carbocycles. The fraction of sp³-hybridized carbons (Fsp3) is 1.00. The normalized spacial score (nSPS) is 27.6. The molecule has 0 aromatic rings. The van der Waals surface area contributed by atoms with Crippen molar-refractivity contribution in [2.24, 2.45) is 11.3 Å². The first kappa shape index (κ1) is 12.0. The maximum absolute atomic E-state index is 3.65. The van der Waals surface area contributed by atoms with E-state index in [0.717, 1.165) is 5.92 Å². The zero-order chi connectivity index (χ0) is 10.8. The monoisotopic (exact) mass is 197 g/mol. The van der Waals surface area contributed by atoms with Gasteiger partial charge in [0.1, 0.15) is 0 Å². The van der Waals surface area contributed by atoms with Crippen molar-refractivity contribution in [3.05, 3.63) is 0 Å². The Labute approximate surface area is 89.7 Å². The Hall–Kier alpha value is -0.0400. The lowest BCUT2D eigenvalue weighted by Gasteiger charge is -2.40. The van der Waals surface area contributed by atoms with Crippen molar-refractivity contribution >= 4 is 0 Å². The molecule has 0 aromatic heterocycles. The minimum Gasteiger partial charge on any atom is -0.312 e. The summed E-state index contributed by atoms with van der Waals surface area (Å²) in [5, 5.41) is 3.65. The van der Waals surface area contributed by atoms with Gasteiger partial charge in [-0.3, -0.25) is 0 Å². The molecule has 0 heterocycles. The quantitative estimate of drug-likeness (QED) is 0.713. The molecule has 84 valence electrons. The van der Waals surface area contributed by atoms with Gasteiger partial charge in [-0.2, -0.15) is 0 Å². The maximum atomic E-state index is 3.65. The van der Waals surface area contributed by atoms with Crippen LogP contribution in [0, 0.1) is 11.3 Å². The molecule has 1 aliphatic rings. The van der Waals surface area contributed by atoms with Crippen LogP contribution >= 0.6 is 0 Å². The SMILES string of the molecule is CC(C)(C)NCC1CCCCC1(C)C. The summed E-state index contributed by atoms with van der Waals surface area (Å²) in [5.74, 6) is 0.871. The third kappa shape index (κ3) is 3.61. The predicted octanol–water partition coefficient (Wildman–Crippen LogP) is 3.59. The van der Waals surface area contributed by atoms with Crippen molar-refractivity contribution in [3.8, 4) is 0 Å².